The van der Waals surface area contributed by atoms with Crippen LogP contribution in [0.5, 0.6) is 0 Å². The van der Waals surface area contributed by atoms with Crippen LogP contribution >= 0.6 is 0 Å². The molecule has 0 amide bonds. The molecule has 2 N–H and O–H groups in total. The van der Waals surface area contributed by atoms with Crippen LogP contribution in [0.3, 0.4) is 0 Å². The van der Waals surface area contributed by atoms with Gasteiger partial charge in [0.2, 0.25) is 10.0 Å². The normalized spacial score (nSPS) is 16.1. The Morgan fingerprint density at radius 3 is 2.32 bits per heavy atom. The maximum atomic E-state index is 11.8. The third-order valence-corrected chi connectivity index (χ3v) is 6.74. The summed E-state index contributed by atoms with van der Waals surface area (Å²) in [7, 11) is -0.205. The molecule has 3 rings (SSSR count). The Morgan fingerprint density at radius 1 is 1.03 bits per heavy atom. The third-order valence-electron chi connectivity index (χ3n) is 5.31. The van der Waals surface area contributed by atoms with Crippen LogP contribution in [0.2, 0.25) is 0 Å². The Morgan fingerprint density at radius 2 is 1.71 bits per heavy atom. The molecule has 31 heavy (non-hydrogen) atoms. The second-order valence-electron chi connectivity index (χ2n) is 7.35. The molecule has 7 nitrogen and oxygen atoms in total. The van der Waals surface area contributed by atoms with Crippen molar-refractivity contribution >= 4 is 22.1 Å². The predicted molar refractivity (Wildman–Crippen MR) is 126 cm³/mol. The van der Waals surface area contributed by atoms with Gasteiger partial charge in [-0.3, -0.25) is 9.89 Å². The third kappa shape index (κ3) is 6.65. The zero-order chi connectivity index (χ0) is 22.1. The Hall–Kier alpha value is -2.68. The summed E-state index contributed by atoms with van der Waals surface area (Å²) in [4.78, 5) is 9.38. The van der Waals surface area contributed by atoms with E-state index in [1.807, 2.05) is 18.2 Å². The SMILES string of the molecule is CN=C(NCc1ccc(S(=O)(=O)NC)cc1)N1CCN(C/C=C/c2ccccc2)CC1. The molecule has 0 unspecified atom stereocenters. The standard InChI is InChI=1S/C23H31N5O2S/c1-24-23(26-19-21-10-12-22(13-11-21)31(29,30)25-2)28-17-15-27(16-18-28)14-6-9-20-7-4-3-5-8-20/h3-13,25H,14-19H2,1-2H3,(H,24,26)/b9-6+. The lowest BCUT2D eigenvalue weighted by Crippen LogP contribution is -2.52. The van der Waals surface area contributed by atoms with Gasteiger partial charge in [0.15, 0.2) is 5.96 Å². The van der Waals surface area contributed by atoms with Crippen molar-refractivity contribution in [1.82, 2.24) is 19.8 Å². The first-order chi connectivity index (χ1) is 15.0. The van der Waals surface area contributed by atoms with Gasteiger partial charge in [0.1, 0.15) is 0 Å². The fourth-order valence-corrected chi connectivity index (χ4v) is 4.19. The fourth-order valence-electron chi connectivity index (χ4n) is 3.46. The molecule has 1 heterocycles. The second-order valence-corrected chi connectivity index (χ2v) is 9.24. The number of aliphatic imine (C=N–C) groups is 1. The van der Waals surface area contributed by atoms with Gasteiger partial charge in [0, 0.05) is 46.3 Å². The minimum atomic E-state index is -3.41. The molecule has 8 heteroatoms. The number of benzene rings is 2. The molecule has 2 aromatic carbocycles. The maximum absolute atomic E-state index is 11.8. The summed E-state index contributed by atoms with van der Waals surface area (Å²) < 4.78 is 26.0. The van der Waals surface area contributed by atoms with Gasteiger partial charge < -0.3 is 10.2 Å². The Labute approximate surface area is 185 Å². The number of nitrogens with one attached hydrogen (secondary N) is 2. The van der Waals surface area contributed by atoms with Crippen LogP contribution in [0.15, 0.2) is 70.6 Å². The molecule has 0 aromatic heterocycles. The molecule has 0 aliphatic carbocycles. The van der Waals surface area contributed by atoms with E-state index in [1.54, 1.807) is 19.2 Å². The van der Waals surface area contributed by atoms with Crippen LogP contribution in [-0.4, -0.2) is 71.0 Å². The van der Waals surface area contributed by atoms with Gasteiger partial charge in [-0.2, -0.15) is 0 Å². The van der Waals surface area contributed by atoms with Crippen LogP contribution in [0.4, 0.5) is 0 Å². The summed E-state index contributed by atoms with van der Waals surface area (Å²) in [6.45, 7) is 5.33. The second kappa shape index (κ2) is 11.1. The van der Waals surface area contributed by atoms with Crippen LogP contribution in [0.1, 0.15) is 11.1 Å². The van der Waals surface area contributed by atoms with E-state index in [0.29, 0.717) is 6.54 Å². The van der Waals surface area contributed by atoms with Crippen LogP contribution in [0.25, 0.3) is 6.08 Å². The van der Waals surface area contributed by atoms with Crippen LogP contribution < -0.4 is 10.0 Å². The molecule has 0 atom stereocenters. The lowest BCUT2D eigenvalue weighted by molar-refractivity contribution is 0.194. The predicted octanol–water partition coefficient (Wildman–Crippen LogP) is 2.00. The fraction of sp³-hybridized carbons (Fsp3) is 0.348. The maximum Gasteiger partial charge on any atom is 0.240 e. The van der Waals surface area contributed by atoms with Gasteiger partial charge in [-0.1, -0.05) is 54.6 Å². The molecule has 1 aliphatic rings. The minimum absolute atomic E-state index is 0.264. The van der Waals surface area contributed by atoms with Crippen molar-refractivity contribution in [2.24, 2.45) is 4.99 Å². The zero-order valence-corrected chi connectivity index (χ0v) is 19.0. The van der Waals surface area contributed by atoms with Gasteiger partial charge in [-0.05, 0) is 30.3 Å². The highest BCUT2D eigenvalue weighted by atomic mass is 32.2. The molecule has 1 fully saturated rings. The topological polar surface area (TPSA) is 77.0 Å². The van der Waals surface area contributed by atoms with Crippen LogP contribution in [0, 0.1) is 0 Å². The van der Waals surface area contributed by atoms with Gasteiger partial charge in [-0.25, -0.2) is 13.1 Å². The first-order valence-corrected chi connectivity index (χ1v) is 11.9. The summed E-state index contributed by atoms with van der Waals surface area (Å²) in [5.41, 5.74) is 2.23. The smallest absolute Gasteiger partial charge is 0.240 e. The Kier molecular flexibility index (Phi) is 8.22. The number of guanidine groups is 1. The van der Waals surface area contributed by atoms with Crippen molar-refractivity contribution < 1.29 is 8.42 Å². The van der Waals surface area contributed by atoms with E-state index in [9.17, 15) is 8.42 Å². The molecule has 1 saturated heterocycles. The van der Waals surface area contributed by atoms with E-state index in [0.717, 1.165) is 44.2 Å². The molecule has 0 saturated carbocycles. The van der Waals surface area contributed by atoms with Crippen molar-refractivity contribution in [2.45, 2.75) is 11.4 Å². The molecular formula is C23H31N5O2S. The lowest BCUT2D eigenvalue weighted by atomic mass is 10.2. The van der Waals surface area contributed by atoms with Gasteiger partial charge in [0.05, 0.1) is 4.90 Å². The largest absolute Gasteiger partial charge is 0.352 e. The summed E-state index contributed by atoms with van der Waals surface area (Å²) in [5.74, 6) is 0.867. The molecule has 0 spiro atoms. The highest BCUT2D eigenvalue weighted by Gasteiger charge is 2.18. The minimum Gasteiger partial charge on any atom is -0.352 e. The van der Waals surface area contributed by atoms with Gasteiger partial charge >= 0.3 is 0 Å². The van der Waals surface area contributed by atoms with Crippen molar-refractivity contribution in [3.63, 3.8) is 0 Å². The number of hydrogen-bond acceptors (Lipinski definition) is 4. The quantitative estimate of drug-likeness (QED) is 0.508. The molecule has 0 radical (unpaired) electrons. The summed E-state index contributed by atoms with van der Waals surface area (Å²) in [6.07, 6.45) is 4.38. The summed E-state index contributed by atoms with van der Waals surface area (Å²) >= 11 is 0. The summed E-state index contributed by atoms with van der Waals surface area (Å²) in [5, 5.41) is 3.39. The van der Waals surface area contributed by atoms with Crippen LogP contribution in [-0.2, 0) is 16.6 Å². The van der Waals surface area contributed by atoms with E-state index in [4.69, 9.17) is 0 Å². The van der Waals surface area contributed by atoms with Crippen molar-refractivity contribution in [2.75, 3.05) is 46.8 Å². The van der Waals surface area contributed by atoms with Gasteiger partial charge in [-0.15, -0.1) is 0 Å². The zero-order valence-electron chi connectivity index (χ0n) is 18.2. The number of rotatable bonds is 7. The highest BCUT2D eigenvalue weighted by Crippen LogP contribution is 2.10. The average Bonchev–Trinajstić information content (AvgIpc) is 2.81. The number of hydrogen-bond donors (Lipinski definition) is 2. The monoisotopic (exact) mass is 441 g/mol. The highest BCUT2D eigenvalue weighted by molar-refractivity contribution is 7.89. The first kappa shape index (κ1) is 23.0. The summed E-state index contributed by atoms with van der Waals surface area (Å²) in [6, 6.07) is 17.2. The van der Waals surface area contributed by atoms with E-state index in [-0.39, 0.29) is 4.90 Å². The average molecular weight is 442 g/mol. The van der Waals surface area contributed by atoms with Gasteiger partial charge in [0.25, 0.3) is 0 Å². The van der Waals surface area contributed by atoms with Crippen molar-refractivity contribution in [1.29, 1.82) is 0 Å². The number of sulfonamides is 1. The molecule has 0 bridgehead atoms. The lowest BCUT2D eigenvalue weighted by Gasteiger charge is -2.36. The van der Waals surface area contributed by atoms with E-state index in [1.165, 1.54) is 12.6 Å². The molecule has 1 aliphatic heterocycles. The Bertz CT molecular complexity index is 980. The van der Waals surface area contributed by atoms with Crippen molar-refractivity contribution in [3.8, 4) is 0 Å². The number of piperazine rings is 1. The molecular weight excluding hydrogens is 410 g/mol. The first-order valence-electron chi connectivity index (χ1n) is 10.4. The molecule has 2 aromatic rings. The van der Waals surface area contributed by atoms with Crippen molar-refractivity contribution in [3.05, 3.63) is 71.8 Å². The molecule has 166 valence electrons. The van der Waals surface area contributed by atoms with E-state index < -0.39 is 10.0 Å². The van der Waals surface area contributed by atoms with E-state index >= 15 is 0 Å². The Balaban J connectivity index is 1.45. The number of nitrogens with zero attached hydrogens (tertiary/aromatic N) is 3. The van der Waals surface area contributed by atoms with E-state index in [2.05, 4.69) is 61.2 Å².